The molecule has 0 aliphatic carbocycles. The van der Waals surface area contributed by atoms with Crippen molar-refractivity contribution < 1.29 is 9.84 Å². The molecule has 4 heterocycles. The zero-order valence-corrected chi connectivity index (χ0v) is 16.8. The highest BCUT2D eigenvalue weighted by Crippen LogP contribution is 2.37. The fraction of sp³-hybridized carbons (Fsp3) is 0.684. The van der Waals surface area contributed by atoms with E-state index < -0.39 is 6.10 Å². The summed E-state index contributed by atoms with van der Waals surface area (Å²) < 4.78 is 9.03. The molecule has 8 heteroatoms. The fourth-order valence-corrected chi connectivity index (χ4v) is 5.12. The molecule has 0 saturated carbocycles. The summed E-state index contributed by atoms with van der Waals surface area (Å²) in [4.78, 5) is 14.5. The van der Waals surface area contributed by atoms with Gasteiger partial charge in [-0.1, -0.05) is 0 Å². The molecule has 2 fully saturated rings. The summed E-state index contributed by atoms with van der Waals surface area (Å²) in [6.07, 6.45) is 4.09. The summed E-state index contributed by atoms with van der Waals surface area (Å²) >= 11 is 1.70. The standard InChI is InChI=1S/C19H28N4O3S/c1-13-20-23(19(25)21(13)2)10-17(24)9-22-15-3-4-16(22)8-18(7-15)26-11-14-5-6-27-12-14/h5-6,12,15-18,24H,3-4,7-11H2,1-2H3/t15?,16?,17-,18?/m0/s1. The van der Waals surface area contributed by atoms with Gasteiger partial charge in [-0.05, 0) is 55.0 Å². The molecule has 2 aromatic rings. The van der Waals surface area contributed by atoms with Crippen molar-refractivity contribution in [2.75, 3.05) is 6.54 Å². The Hall–Kier alpha value is -1.48. The number of hydrogen-bond donors (Lipinski definition) is 1. The molecule has 2 unspecified atom stereocenters. The molecule has 0 radical (unpaired) electrons. The van der Waals surface area contributed by atoms with Gasteiger partial charge >= 0.3 is 5.69 Å². The van der Waals surface area contributed by atoms with Crippen LogP contribution in [-0.4, -0.2) is 55.2 Å². The maximum absolute atomic E-state index is 12.1. The molecule has 1 N–H and O–H groups in total. The van der Waals surface area contributed by atoms with Crippen molar-refractivity contribution in [3.05, 3.63) is 38.7 Å². The molecule has 3 atom stereocenters. The van der Waals surface area contributed by atoms with Crippen molar-refractivity contribution in [2.24, 2.45) is 7.05 Å². The maximum Gasteiger partial charge on any atom is 0.345 e. The van der Waals surface area contributed by atoms with E-state index >= 15 is 0 Å². The quantitative estimate of drug-likeness (QED) is 0.774. The van der Waals surface area contributed by atoms with Crippen LogP contribution in [0.4, 0.5) is 0 Å². The zero-order valence-electron chi connectivity index (χ0n) is 16.0. The Balaban J connectivity index is 1.31. The Morgan fingerprint density at radius 3 is 2.67 bits per heavy atom. The van der Waals surface area contributed by atoms with E-state index in [1.165, 1.54) is 27.7 Å². The highest BCUT2D eigenvalue weighted by atomic mass is 32.1. The molecular weight excluding hydrogens is 364 g/mol. The first-order chi connectivity index (χ1) is 13.0. The molecule has 0 spiro atoms. The Labute approximate surface area is 163 Å². The Morgan fingerprint density at radius 1 is 1.33 bits per heavy atom. The predicted molar refractivity (Wildman–Crippen MR) is 104 cm³/mol. The third-order valence-corrected chi connectivity index (χ3v) is 6.70. The molecule has 7 nitrogen and oxygen atoms in total. The third kappa shape index (κ3) is 4.03. The van der Waals surface area contributed by atoms with Gasteiger partial charge in [-0.25, -0.2) is 9.48 Å². The summed E-state index contributed by atoms with van der Waals surface area (Å²) in [5.74, 6) is 0.663. The number of rotatable bonds is 7. The number of hydrogen-bond acceptors (Lipinski definition) is 6. The van der Waals surface area contributed by atoms with E-state index in [2.05, 4.69) is 26.8 Å². The lowest BCUT2D eigenvalue weighted by atomic mass is 9.99. The van der Waals surface area contributed by atoms with Gasteiger partial charge in [-0.2, -0.15) is 16.4 Å². The van der Waals surface area contributed by atoms with Gasteiger partial charge in [0.2, 0.25) is 0 Å². The number of ether oxygens (including phenoxy) is 1. The molecule has 2 aliphatic rings. The van der Waals surface area contributed by atoms with Gasteiger partial charge in [-0.3, -0.25) is 9.47 Å². The minimum absolute atomic E-state index is 0.171. The molecule has 148 valence electrons. The average Bonchev–Trinajstić information content (AvgIpc) is 3.29. The van der Waals surface area contributed by atoms with Crippen LogP contribution in [0.3, 0.4) is 0 Å². The Bertz CT molecular complexity index is 802. The Morgan fingerprint density at radius 2 is 2.07 bits per heavy atom. The summed E-state index contributed by atoms with van der Waals surface area (Å²) in [6, 6.07) is 3.05. The number of thiophene rings is 1. The van der Waals surface area contributed by atoms with Crippen LogP contribution in [0.2, 0.25) is 0 Å². The van der Waals surface area contributed by atoms with Gasteiger partial charge in [0, 0.05) is 25.7 Å². The number of fused-ring (bicyclic) bond motifs is 2. The monoisotopic (exact) mass is 392 g/mol. The van der Waals surface area contributed by atoms with Crippen molar-refractivity contribution >= 4 is 11.3 Å². The van der Waals surface area contributed by atoms with Crippen LogP contribution in [-0.2, 0) is 24.9 Å². The highest BCUT2D eigenvalue weighted by Gasteiger charge is 2.41. The third-order valence-electron chi connectivity index (χ3n) is 5.97. The second-order valence-electron chi connectivity index (χ2n) is 7.84. The summed E-state index contributed by atoms with van der Waals surface area (Å²) in [5, 5.41) is 19.0. The van der Waals surface area contributed by atoms with Crippen molar-refractivity contribution in [3.8, 4) is 0 Å². The highest BCUT2D eigenvalue weighted by molar-refractivity contribution is 7.07. The number of aromatic nitrogens is 3. The minimum Gasteiger partial charge on any atom is -0.390 e. The fourth-order valence-electron chi connectivity index (χ4n) is 4.46. The van der Waals surface area contributed by atoms with Crippen LogP contribution in [0.5, 0.6) is 0 Å². The predicted octanol–water partition coefficient (Wildman–Crippen LogP) is 1.52. The minimum atomic E-state index is -0.594. The van der Waals surface area contributed by atoms with E-state index in [0.717, 1.165) is 12.8 Å². The van der Waals surface area contributed by atoms with E-state index in [1.54, 1.807) is 25.3 Å². The van der Waals surface area contributed by atoms with E-state index in [4.69, 9.17) is 4.74 Å². The molecule has 0 aromatic carbocycles. The molecule has 2 saturated heterocycles. The van der Waals surface area contributed by atoms with Gasteiger partial charge in [0.1, 0.15) is 5.82 Å². The molecule has 2 bridgehead atoms. The van der Waals surface area contributed by atoms with E-state index in [0.29, 0.717) is 37.2 Å². The second kappa shape index (κ2) is 7.87. The maximum atomic E-state index is 12.1. The van der Waals surface area contributed by atoms with Crippen molar-refractivity contribution in [3.63, 3.8) is 0 Å². The number of nitrogens with zero attached hydrogens (tertiary/aromatic N) is 4. The van der Waals surface area contributed by atoms with Crippen LogP contribution < -0.4 is 5.69 Å². The summed E-state index contributed by atoms with van der Waals surface area (Å²) in [7, 11) is 1.70. The molecular formula is C19H28N4O3S. The lowest BCUT2D eigenvalue weighted by Gasteiger charge is -2.39. The zero-order chi connectivity index (χ0) is 19.0. The van der Waals surface area contributed by atoms with Crippen LogP contribution in [0, 0.1) is 6.92 Å². The van der Waals surface area contributed by atoms with E-state index in [1.807, 2.05) is 0 Å². The van der Waals surface area contributed by atoms with Crippen molar-refractivity contribution in [1.82, 2.24) is 19.2 Å². The topological polar surface area (TPSA) is 72.5 Å². The first-order valence-electron chi connectivity index (χ1n) is 9.68. The molecule has 2 aliphatic heterocycles. The van der Waals surface area contributed by atoms with Gasteiger partial charge in [0.05, 0.1) is 25.4 Å². The van der Waals surface area contributed by atoms with Gasteiger partial charge < -0.3 is 9.84 Å². The Kier molecular flexibility index (Phi) is 5.50. The lowest BCUT2D eigenvalue weighted by Crippen LogP contribution is -2.49. The first kappa shape index (κ1) is 18.9. The molecule has 4 rings (SSSR count). The van der Waals surface area contributed by atoms with E-state index in [9.17, 15) is 9.90 Å². The van der Waals surface area contributed by atoms with Crippen LogP contribution in [0.25, 0.3) is 0 Å². The van der Waals surface area contributed by atoms with Crippen LogP contribution in [0.1, 0.15) is 37.1 Å². The lowest BCUT2D eigenvalue weighted by molar-refractivity contribution is -0.0402. The number of aryl methyl sites for hydroxylation is 1. The number of aliphatic hydroxyl groups is 1. The number of aliphatic hydroxyl groups excluding tert-OH is 1. The second-order valence-corrected chi connectivity index (χ2v) is 8.62. The molecule has 27 heavy (non-hydrogen) atoms. The SMILES string of the molecule is Cc1nn(C[C@@H](O)CN2C3CCC2CC(OCc2ccsc2)C3)c(=O)n1C. The van der Waals surface area contributed by atoms with Gasteiger partial charge in [-0.15, -0.1) is 0 Å². The van der Waals surface area contributed by atoms with Crippen molar-refractivity contribution in [2.45, 2.75) is 70.1 Å². The summed E-state index contributed by atoms with van der Waals surface area (Å²) in [6.45, 7) is 3.33. The van der Waals surface area contributed by atoms with Gasteiger partial charge in [0.15, 0.2) is 0 Å². The largest absolute Gasteiger partial charge is 0.390 e. The normalized spacial score (nSPS) is 26.6. The number of piperidine rings is 1. The average molecular weight is 393 g/mol. The van der Waals surface area contributed by atoms with Gasteiger partial charge in [0.25, 0.3) is 0 Å². The summed E-state index contributed by atoms with van der Waals surface area (Å²) in [5.41, 5.74) is 1.08. The van der Waals surface area contributed by atoms with Crippen molar-refractivity contribution in [1.29, 1.82) is 0 Å². The first-order valence-corrected chi connectivity index (χ1v) is 10.6. The van der Waals surface area contributed by atoms with E-state index in [-0.39, 0.29) is 12.2 Å². The smallest absolute Gasteiger partial charge is 0.345 e. The molecule has 2 aromatic heterocycles. The van der Waals surface area contributed by atoms with Crippen LogP contribution in [0.15, 0.2) is 21.6 Å². The van der Waals surface area contributed by atoms with Crippen LogP contribution >= 0.6 is 11.3 Å². The molecule has 0 amide bonds.